The zero-order chi connectivity index (χ0) is 19.9. The van der Waals surface area contributed by atoms with Gasteiger partial charge >= 0.3 is 0 Å². The first kappa shape index (κ1) is 21.1. The maximum Gasteiger partial charge on any atom is 0.240 e. The van der Waals surface area contributed by atoms with E-state index in [1.54, 1.807) is 24.3 Å². The summed E-state index contributed by atoms with van der Waals surface area (Å²) in [5.74, 6) is 0.278. The van der Waals surface area contributed by atoms with Crippen LogP contribution in [-0.2, 0) is 21.2 Å². The van der Waals surface area contributed by atoms with Crippen LogP contribution in [0.25, 0.3) is 0 Å². The molecule has 0 aromatic heterocycles. The van der Waals surface area contributed by atoms with Gasteiger partial charge in [0.05, 0.1) is 23.5 Å². The minimum atomic E-state index is -3.66. The van der Waals surface area contributed by atoms with Crippen LogP contribution in [0.2, 0.25) is 5.02 Å². The molecule has 146 valence electrons. The average Bonchev–Trinajstić information content (AvgIpc) is 2.63. The van der Waals surface area contributed by atoms with E-state index in [4.69, 9.17) is 16.3 Å². The van der Waals surface area contributed by atoms with E-state index in [0.717, 1.165) is 22.7 Å². The molecule has 0 atom stereocenters. The normalized spacial score (nSPS) is 11.1. The lowest BCUT2D eigenvalue weighted by atomic mass is 10.2. The Hall–Kier alpha value is -2.25. The Balaban J connectivity index is 1.88. The lowest BCUT2D eigenvalue weighted by Crippen LogP contribution is -2.41. The van der Waals surface area contributed by atoms with Crippen LogP contribution in [0.15, 0.2) is 48.5 Å². The maximum absolute atomic E-state index is 12.2. The van der Waals surface area contributed by atoms with E-state index in [1.165, 1.54) is 5.56 Å². The number of anilines is 1. The summed E-state index contributed by atoms with van der Waals surface area (Å²) in [6.45, 7) is 2.26. The number of carbonyl (C=O) groups excluding carboxylic acids is 1. The van der Waals surface area contributed by atoms with Crippen molar-refractivity contribution in [3.05, 3.63) is 59.1 Å². The number of benzene rings is 2. The standard InChI is InChI=1S/C19H23ClN2O4S/c1-3-15-8-10-16(11-9-15)26-13-12-21-19(23)14-22(27(2,24)25)18-7-5-4-6-17(18)20/h4-11H,3,12-14H2,1-2H3,(H,21,23). The van der Waals surface area contributed by atoms with Gasteiger partial charge < -0.3 is 10.1 Å². The van der Waals surface area contributed by atoms with Crippen LogP contribution in [0, 0.1) is 0 Å². The van der Waals surface area contributed by atoms with Gasteiger partial charge in [0.1, 0.15) is 18.9 Å². The highest BCUT2D eigenvalue weighted by Crippen LogP contribution is 2.26. The molecule has 0 bridgehead atoms. The molecular weight excluding hydrogens is 388 g/mol. The summed E-state index contributed by atoms with van der Waals surface area (Å²) in [4.78, 5) is 12.2. The number of hydrogen-bond donors (Lipinski definition) is 1. The van der Waals surface area contributed by atoms with E-state index in [1.807, 2.05) is 24.3 Å². The van der Waals surface area contributed by atoms with Crippen LogP contribution >= 0.6 is 11.6 Å². The first-order valence-corrected chi connectivity index (χ1v) is 10.7. The van der Waals surface area contributed by atoms with Gasteiger partial charge in [-0.25, -0.2) is 8.42 Å². The Kier molecular flexibility index (Phi) is 7.50. The number of amides is 1. The van der Waals surface area contributed by atoms with Crippen LogP contribution in [0.1, 0.15) is 12.5 Å². The lowest BCUT2D eigenvalue weighted by Gasteiger charge is -2.22. The monoisotopic (exact) mass is 410 g/mol. The number of para-hydroxylation sites is 1. The first-order valence-electron chi connectivity index (χ1n) is 8.52. The summed E-state index contributed by atoms with van der Waals surface area (Å²) in [7, 11) is -3.66. The highest BCUT2D eigenvalue weighted by molar-refractivity contribution is 7.92. The molecule has 1 N–H and O–H groups in total. The zero-order valence-electron chi connectivity index (χ0n) is 15.3. The van der Waals surface area contributed by atoms with Gasteiger partial charge in [0.2, 0.25) is 15.9 Å². The summed E-state index contributed by atoms with van der Waals surface area (Å²) in [6, 6.07) is 14.2. The van der Waals surface area contributed by atoms with Crippen molar-refractivity contribution in [2.24, 2.45) is 0 Å². The van der Waals surface area contributed by atoms with Crippen molar-refractivity contribution in [3.63, 3.8) is 0 Å². The third kappa shape index (κ3) is 6.45. The van der Waals surface area contributed by atoms with Crippen LogP contribution in [0.5, 0.6) is 5.75 Å². The van der Waals surface area contributed by atoms with Gasteiger partial charge in [-0.05, 0) is 36.2 Å². The van der Waals surface area contributed by atoms with Crippen molar-refractivity contribution >= 4 is 33.2 Å². The fourth-order valence-corrected chi connectivity index (χ4v) is 3.56. The van der Waals surface area contributed by atoms with E-state index in [2.05, 4.69) is 12.2 Å². The predicted octanol–water partition coefficient (Wildman–Crippen LogP) is 2.86. The van der Waals surface area contributed by atoms with Crippen molar-refractivity contribution in [1.29, 1.82) is 0 Å². The second-order valence-corrected chi connectivity index (χ2v) is 8.23. The molecule has 0 unspecified atom stereocenters. The molecule has 0 spiro atoms. The molecule has 0 saturated heterocycles. The van der Waals surface area contributed by atoms with Gasteiger partial charge in [0.15, 0.2) is 0 Å². The predicted molar refractivity (Wildman–Crippen MR) is 108 cm³/mol. The summed E-state index contributed by atoms with van der Waals surface area (Å²) in [5.41, 5.74) is 1.49. The molecule has 0 saturated carbocycles. The number of nitrogens with zero attached hydrogens (tertiary/aromatic N) is 1. The average molecular weight is 411 g/mol. The molecule has 2 aromatic rings. The molecule has 27 heavy (non-hydrogen) atoms. The summed E-state index contributed by atoms with van der Waals surface area (Å²) in [6.07, 6.45) is 1.99. The number of aryl methyl sites for hydroxylation is 1. The van der Waals surface area contributed by atoms with E-state index < -0.39 is 15.9 Å². The Bertz CT molecular complexity index is 870. The zero-order valence-corrected chi connectivity index (χ0v) is 16.9. The molecule has 8 heteroatoms. The number of rotatable bonds is 9. The van der Waals surface area contributed by atoms with Crippen molar-refractivity contribution in [2.75, 3.05) is 30.3 Å². The molecular formula is C19H23ClN2O4S. The Labute approximate surface area is 165 Å². The van der Waals surface area contributed by atoms with Gasteiger partial charge in [-0.2, -0.15) is 0 Å². The minimum Gasteiger partial charge on any atom is -0.492 e. The molecule has 0 aliphatic rings. The fourth-order valence-electron chi connectivity index (χ4n) is 2.40. The molecule has 2 rings (SSSR count). The molecule has 0 heterocycles. The molecule has 0 aliphatic heterocycles. The van der Waals surface area contributed by atoms with Crippen molar-refractivity contribution in [1.82, 2.24) is 5.32 Å². The van der Waals surface area contributed by atoms with Crippen molar-refractivity contribution < 1.29 is 17.9 Å². The SMILES string of the molecule is CCc1ccc(OCCNC(=O)CN(c2ccccc2Cl)S(C)(=O)=O)cc1. The van der Waals surface area contributed by atoms with E-state index in [9.17, 15) is 13.2 Å². The third-order valence-corrected chi connectivity index (χ3v) is 5.28. The number of halogens is 1. The number of ether oxygens (including phenoxy) is 1. The number of hydrogen-bond acceptors (Lipinski definition) is 4. The quantitative estimate of drug-likeness (QED) is 0.645. The molecule has 6 nitrogen and oxygen atoms in total. The van der Waals surface area contributed by atoms with Crippen LogP contribution in [-0.4, -0.2) is 40.3 Å². The Morgan fingerprint density at radius 3 is 2.41 bits per heavy atom. The molecule has 0 fully saturated rings. The summed E-state index contributed by atoms with van der Waals surface area (Å²) >= 11 is 6.07. The second kappa shape index (κ2) is 9.62. The molecule has 1 amide bonds. The largest absolute Gasteiger partial charge is 0.492 e. The van der Waals surface area contributed by atoms with E-state index >= 15 is 0 Å². The van der Waals surface area contributed by atoms with Crippen molar-refractivity contribution in [3.8, 4) is 5.75 Å². The summed E-state index contributed by atoms with van der Waals surface area (Å²) in [5, 5.41) is 2.91. The molecule has 0 aliphatic carbocycles. The van der Waals surface area contributed by atoms with Gasteiger partial charge in [-0.15, -0.1) is 0 Å². The Morgan fingerprint density at radius 1 is 1.15 bits per heavy atom. The molecule has 0 radical (unpaired) electrons. The smallest absolute Gasteiger partial charge is 0.240 e. The maximum atomic E-state index is 12.2. The Morgan fingerprint density at radius 2 is 1.81 bits per heavy atom. The van der Waals surface area contributed by atoms with Crippen molar-refractivity contribution in [2.45, 2.75) is 13.3 Å². The van der Waals surface area contributed by atoms with Crippen LogP contribution < -0.4 is 14.4 Å². The number of sulfonamides is 1. The number of nitrogens with one attached hydrogen (secondary N) is 1. The minimum absolute atomic E-state index is 0.258. The highest BCUT2D eigenvalue weighted by Gasteiger charge is 2.22. The van der Waals surface area contributed by atoms with Crippen LogP contribution in [0.4, 0.5) is 5.69 Å². The summed E-state index contributed by atoms with van der Waals surface area (Å²) < 4.78 is 30.6. The fraction of sp³-hybridized carbons (Fsp3) is 0.316. The van der Waals surface area contributed by atoms with Gasteiger partial charge in [-0.1, -0.05) is 42.8 Å². The van der Waals surface area contributed by atoms with Crippen LogP contribution in [0.3, 0.4) is 0 Å². The second-order valence-electron chi connectivity index (χ2n) is 5.92. The van der Waals surface area contributed by atoms with Gasteiger partial charge in [0.25, 0.3) is 0 Å². The van der Waals surface area contributed by atoms with Gasteiger partial charge in [0, 0.05) is 0 Å². The molecule has 2 aromatic carbocycles. The van der Waals surface area contributed by atoms with Gasteiger partial charge in [-0.3, -0.25) is 9.10 Å². The number of carbonyl (C=O) groups is 1. The topological polar surface area (TPSA) is 75.7 Å². The van der Waals surface area contributed by atoms with E-state index in [-0.39, 0.29) is 30.4 Å². The third-order valence-electron chi connectivity index (χ3n) is 3.83. The highest BCUT2D eigenvalue weighted by atomic mass is 35.5. The van der Waals surface area contributed by atoms with E-state index in [0.29, 0.717) is 0 Å². The first-order chi connectivity index (χ1) is 12.8. The lowest BCUT2D eigenvalue weighted by molar-refractivity contribution is -0.119.